The van der Waals surface area contributed by atoms with Crippen molar-refractivity contribution in [2.24, 2.45) is 11.8 Å². The molecule has 0 bridgehead atoms. The predicted molar refractivity (Wildman–Crippen MR) is 92.8 cm³/mol. The van der Waals surface area contributed by atoms with Crippen molar-refractivity contribution in [3.8, 4) is 0 Å². The average molecular weight is 287 g/mol. The van der Waals surface area contributed by atoms with Crippen molar-refractivity contribution in [1.29, 1.82) is 0 Å². The molecule has 0 saturated heterocycles. The van der Waals surface area contributed by atoms with E-state index in [0.29, 0.717) is 6.04 Å². The molecule has 3 atom stereocenters. The summed E-state index contributed by atoms with van der Waals surface area (Å²) in [5.74, 6) is 1.77. The highest BCUT2D eigenvalue weighted by Crippen LogP contribution is 2.32. The van der Waals surface area contributed by atoms with Gasteiger partial charge in [0.2, 0.25) is 0 Å². The molecule has 0 heterocycles. The lowest BCUT2D eigenvalue weighted by Gasteiger charge is -2.34. The minimum atomic E-state index is 0.660. The zero-order chi connectivity index (χ0) is 15.2. The fourth-order valence-electron chi connectivity index (χ4n) is 3.97. The van der Waals surface area contributed by atoms with Crippen LogP contribution in [0.1, 0.15) is 62.6 Å². The van der Waals surface area contributed by atoms with Gasteiger partial charge in [-0.25, -0.2) is 0 Å². The highest BCUT2D eigenvalue weighted by atomic mass is 14.9. The molecule has 1 nitrogen and oxygen atoms in total. The first kappa shape index (κ1) is 16.5. The van der Waals surface area contributed by atoms with Crippen molar-refractivity contribution in [3.05, 3.63) is 34.9 Å². The smallest absolute Gasteiger partial charge is 0.0136 e. The zero-order valence-corrected chi connectivity index (χ0v) is 14.4. The molecule has 3 unspecified atom stereocenters. The van der Waals surface area contributed by atoms with Crippen LogP contribution in [0, 0.1) is 25.7 Å². The van der Waals surface area contributed by atoms with Gasteiger partial charge >= 0.3 is 0 Å². The molecular formula is C20H33N. The Hall–Kier alpha value is -0.820. The van der Waals surface area contributed by atoms with Crippen LogP contribution < -0.4 is 5.32 Å². The van der Waals surface area contributed by atoms with E-state index in [1.165, 1.54) is 49.7 Å². The summed E-state index contributed by atoms with van der Waals surface area (Å²) in [6.07, 6.45) is 8.10. The molecule has 21 heavy (non-hydrogen) atoms. The third kappa shape index (κ3) is 4.57. The number of benzene rings is 1. The lowest BCUT2D eigenvalue weighted by molar-refractivity contribution is 0.221. The first-order valence-electron chi connectivity index (χ1n) is 8.90. The molecule has 1 N–H and O–H groups in total. The van der Waals surface area contributed by atoms with Crippen LogP contribution in [-0.4, -0.2) is 12.6 Å². The highest BCUT2D eigenvalue weighted by Gasteiger charge is 2.27. The van der Waals surface area contributed by atoms with Crippen LogP contribution in [0.4, 0.5) is 0 Å². The lowest BCUT2D eigenvalue weighted by atomic mass is 9.76. The van der Waals surface area contributed by atoms with Crippen LogP contribution in [0.2, 0.25) is 0 Å². The Kier molecular flexibility index (Phi) is 6.29. The van der Waals surface area contributed by atoms with Gasteiger partial charge in [-0.3, -0.25) is 0 Å². The summed E-state index contributed by atoms with van der Waals surface area (Å²) in [7, 11) is 0. The van der Waals surface area contributed by atoms with Gasteiger partial charge in [0.15, 0.2) is 0 Å². The molecule has 1 aromatic carbocycles. The normalized spacial score (nSPS) is 24.0. The minimum absolute atomic E-state index is 0.660. The van der Waals surface area contributed by atoms with Crippen molar-refractivity contribution >= 4 is 0 Å². The van der Waals surface area contributed by atoms with Crippen molar-refractivity contribution < 1.29 is 0 Å². The Balaban J connectivity index is 2.12. The Morgan fingerprint density at radius 1 is 1.19 bits per heavy atom. The molecular weight excluding hydrogens is 254 g/mol. The van der Waals surface area contributed by atoms with Gasteiger partial charge in [0.25, 0.3) is 0 Å². The van der Waals surface area contributed by atoms with Gasteiger partial charge in [-0.1, -0.05) is 44.9 Å². The molecule has 1 aliphatic carbocycles. The molecule has 1 saturated carbocycles. The number of hydrogen-bond acceptors (Lipinski definition) is 1. The van der Waals surface area contributed by atoms with Gasteiger partial charge in [-0.15, -0.1) is 0 Å². The second-order valence-electron chi connectivity index (χ2n) is 7.17. The molecule has 118 valence electrons. The first-order valence-corrected chi connectivity index (χ1v) is 8.90. The second-order valence-corrected chi connectivity index (χ2v) is 7.17. The summed E-state index contributed by atoms with van der Waals surface area (Å²) in [5, 5.41) is 3.86. The van der Waals surface area contributed by atoms with Crippen molar-refractivity contribution in [2.45, 2.75) is 72.3 Å². The summed E-state index contributed by atoms with van der Waals surface area (Å²) in [6, 6.07) is 7.38. The van der Waals surface area contributed by atoms with Crippen LogP contribution in [0.5, 0.6) is 0 Å². The molecule has 0 aliphatic heterocycles. The van der Waals surface area contributed by atoms with E-state index in [-0.39, 0.29) is 0 Å². The summed E-state index contributed by atoms with van der Waals surface area (Å²) >= 11 is 0. The molecule has 0 radical (unpaired) electrons. The van der Waals surface area contributed by atoms with Crippen LogP contribution in [0.25, 0.3) is 0 Å². The molecule has 1 heteroatoms. The Labute approximate surface area is 131 Å². The van der Waals surface area contributed by atoms with Gasteiger partial charge < -0.3 is 5.32 Å². The molecule has 1 aliphatic rings. The largest absolute Gasteiger partial charge is 0.313 e. The highest BCUT2D eigenvalue weighted by molar-refractivity contribution is 5.34. The maximum atomic E-state index is 3.86. The quantitative estimate of drug-likeness (QED) is 0.773. The Morgan fingerprint density at radius 3 is 2.52 bits per heavy atom. The number of aryl methyl sites for hydroxylation is 2. The van der Waals surface area contributed by atoms with E-state index in [0.717, 1.165) is 18.4 Å². The Bertz CT molecular complexity index is 417. The Morgan fingerprint density at radius 2 is 1.90 bits per heavy atom. The third-order valence-electron chi connectivity index (χ3n) is 5.27. The molecule has 1 fully saturated rings. The maximum Gasteiger partial charge on any atom is 0.0136 e. The fraction of sp³-hybridized carbons (Fsp3) is 0.700. The summed E-state index contributed by atoms with van der Waals surface area (Å²) in [5.41, 5.74) is 4.49. The molecule has 2 rings (SSSR count). The van der Waals surface area contributed by atoms with Gasteiger partial charge in [0.1, 0.15) is 0 Å². The SMILES string of the molecule is CCCNC(Cc1c(C)cccc1C)C1CCCC(C)C1. The van der Waals surface area contributed by atoms with Crippen LogP contribution in [-0.2, 0) is 6.42 Å². The summed E-state index contributed by atoms with van der Waals surface area (Å²) < 4.78 is 0. The number of hydrogen-bond donors (Lipinski definition) is 1. The molecule has 0 amide bonds. The number of nitrogens with one attached hydrogen (secondary N) is 1. The first-order chi connectivity index (χ1) is 10.1. The lowest BCUT2D eigenvalue weighted by Crippen LogP contribution is -2.40. The molecule has 1 aromatic rings. The second kappa shape index (κ2) is 7.98. The monoisotopic (exact) mass is 287 g/mol. The average Bonchev–Trinajstić information content (AvgIpc) is 2.46. The van der Waals surface area contributed by atoms with E-state index in [1.807, 2.05) is 0 Å². The third-order valence-corrected chi connectivity index (χ3v) is 5.27. The van der Waals surface area contributed by atoms with Gasteiger partial charge in [-0.2, -0.15) is 0 Å². The fourth-order valence-corrected chi connectivity index (χ4v) is 3.97. The topological polar surface area (TPSA) is 12.0 Å². The van der Waals surface area contributed by atoms with Gasteiger partial charge in [-0.05, 0) is 74.6 Å². The zero-order valence-electron chi connectivity index (χ0n) is 14.4. The molecule has 0 spiro atoms. The van der Waals surface area contributed by atoms with Crippen molar-refractivity contribution in [3.63, 3.8) is 0 Å². The van der Waals surface area contributed by atoms with Gasteiger partial charge in [0.05, 0.1) is 0 Å². The van der Waals surface area contributed by atoms with Gasteiger partial charge in [0, 0.05) is 6.04 Å². The van der Waals surface area contributed by atoms with E-state index < -0.39 is 0 Å². The standard InChI is InChI=1S/C20H33N/c1-5-12-21-20(18-11-6-8-15(2)13-18)14-19-16(3)9-7-10-17(19)4/h7,9-10,15,18,20-21H,5-6,8,11-14H2,1-4H3. The number of rotatable bonds is 6. The minimum Gasteiger partial charge on any atom is -0.313 e. The predicted octanol–water partition coefficient (Wildman–Crippen LogP) is 5.04. The van der Waals surface area contributed by atoms with Crippen molar-refractivity contribution in [1.82, 2.24) is 5.32 Å². The van der Waals surface area contributed by atoms with E-state index in [4.69, 9.17) is 0 Å². The summed E-state index contributed by atoms with van der Waals surface area (Å²) in [6.45, 7) is 10.4. The van der Waals surface area contributed by atoms with Crippen LogP contribution >= 0.6 is 0 Å². The van der Waals surface area contributed by atoms with Crippen LogP contribution in [0.15, 0.2) is 18.2 Å². The maximum absolute atomic E-state index is 3.86. The van der Waals surface area contributed by atoms with Crippen LogP contribution in [0.3, 0.4) is 0 Å². The van der Waals surface area contributed by atoms with Crippen molar-refractivity contribution in [2.75, 3.05) is 6.54 Å². The molecule has 0 aromatic heterocycles. The van der Waals surface area contributed by atoms with E-state index in [9.17, 15) is 0 Å². The van der Waals surface area contributed by atoms with E-state index >= 15 is 0 Å². The summed E-state index contributed by atoms with van der Waals surface area (Å²) in [4.78, 5) is 0. The van der Waals surface area contributed by atoms with E-state index in [1.54, 1.807) is 5.56 Å². The van der Waals surface area contributed by atoms with E-state index in [2.05, 4.69) is 51.2 Å².